The van der Waals surface area contributed by atoms with Crippen LogP contribution in [0.4, 0.5) is 69.8 Å². The summed E-state index contributed by atoms with van der Waals surface area (Å²) in [6.45, 7) is -7.04. The number of benzene rings is 7. The van der Waals surface area contributed by atoms with Gasteiger partial charge in [-0.1, -0.05) is 127 Å². The molecule has 11 atom stereocenters. The molecular weight excluding hydrogens is 1990 g/mol. The number of phosphoric ester groups is 4. The highest BCUT2D eigenvalue weighted by molar-refractivity contribution is 7.48. The quantitative estimate of drug-likeness (QED) is 0.0180. The molecule has 58 heteroatoms. The van der Waals surface area contributed by atoms with Crippen LogP contribution in [0.2, 0.25) is 0 Å². The smallest absolute Gasteiger partial charge is 0.393 e. The van der Waals surface area contributed by atoms with Crippen LogP contribution < -0.4 is 75.5 Å². The molecule has 13 rings (SSSR count). The summed E-state index contributed by atoms with van der Waals surface area (Å²) in [7, 11) is -25.0. The molecule has 1 saturated heterocycles. The molecule has 20 N–H and O–H groups in total. The van der Waals surface area contributed by atoms with Crippen molar-refractivity contribution in [2.24, 2.45) is 0 Å². The van der Waals surface area contributed by atoms with E-state index in [0.717, 1.165) is 35.6 Å². The summed E-state index contributed by atoms with van der Waals surface area (Å²) in [5.41, 5.74) is 2.22. The lowest BCUT2D eigenvalue weighted by Gasteiger charge is -2.25. The number of ether oxygens (including phenoxy) is 1. The number of carbonyl (C=O) groups excluding carboxylic acids is 11. The van der Waals surface area contributed by atoms with Crippen molar-refractivity contribution >= 4 is 166 Å². The second-order valence-electron chi connectivity index (χ2n) is 30.1. The van der Waals surface area contributed by atoms with Gasteiger partial charge in [-0.2, -0.15) is 19.9 Å². The molecule has 0 aliphatic carbocycles. The molecule has 7 aromatic carbocycles. The second-order valence-corrected chi connectivity index (χ2v) is 35.7. The monoisotopic (exact) mass is 2070 g/mol. The molecule has 0 radical (unpaired) electrons. The van der Waals surface area contributed by atoms with Gasteiger partial charge in [0, 0.05) is 57.1 Å². The first-order valence-corrected chi connectivity index (χ1v) is 48.2. The van der Waals surface area contributed by atoms with Gasteiger partial charge in [-0.3, -0.25) is 125 Å². The van der Waals surface area contributed by atoms with Gasteiger partial charge in [-0.05, 0) is 91.9 Å². The van der Waals surface area contributed by atoms with Crippen molar-refractivity contribution in [1.29, 1.82) is 0 Å². The number of anilines is 12. The van der Waals surface area contributed by atoms with Crippen LogP contribution in [0.5, 0.6) is 0 Å². The molecule has 6 heterocycles. The van der Waals surface area contributed by atoms with Crippen LogP contribution in [0.15, 0.2) is 253 Å². The predicted octanol–water partition coefficient (Wildman–Crippen LogP) is 6.56. The average Bonchev–Trinajstić information content (AvgIpc) is 1.61. The van der Waals surface area contributed by atoms with Crippen molar-refractivity contribution in [2.45, 2.75) is 56.2 Å². The van der Waals surface area contributed by atoms with Crippen LogP contribution in [0.1, 0.15) is 90.7 Å². The zero-order valence-electron chi connectivity index (χ0n) is 74.6. The fourth-order valence-corrected chi connectivity index (χ4v) is 16.0. The third kappa shape index (κ3) is 30.4. The number of hydrogen-bond donors (Lipinski definition) is 19. The van der Waals surface area contributed by atoms with Crippen molar-refractivity contribution in [2.75, 3.05) is 97.3 Å². The van der Waals surface area contributed by atoms with E-state index in [1.54, 1.807) is 54.6 Å². The lowest BCUT2D eigenvalue weighted by atomic mass is 10.2. The fourth-order valence-electron chi connectivity index (χ4n) is 12.5. The first kappa shape index (κ1) is 106. The molecule has 5 aromatic heterocycles. The van der Waals surface area contributed by atoms with Gasteiger partial charge < -0.3 is 77.5 Å². The number of H-pyrrole nitrogens is 1. The Labute approximate surface area is 815 Å². The summed E-state index contributed by atoms with van der Waals surface area (Å²) >= 11 is 0. The van der Waals surface area contributed by atoms with Crippen LogP contribution in [0, 0.1) is 6.92 Å². The zero-order chi connectivity index (χ0) is 104. The van der Waals surface area contributed by atoms with Crippen molar-refractivity contribution < 1.29 is 142 Å². The number of nitrogens with zero attached hydrogens (tertiary/aromatic N) is 9. The normalized spacial score (nSPS) is 15.7. The van der Waals surface area contributed by atoms with Gasteiger partial charge >= 0.3 is 37.0 Å². The third-order valence-electron chi connectivity index (χ3n) is 19.7. The lowest BCUT2D eigenvalue weighted by molar-refractivity contribution is -0.128. The minimum atomic E-state index is -6.45. The van der Waals surface area contributed by atoms with Gasteiger partial charge in [0.2, 0.25) is 23.8 Å². The molecule has 1 fully saturated rings. The maximum atomic E-state index is 15.0. The number of aliphatic hydroxyl groups excluding tert-OH is 2. The molecule has 1 aliphatic heterocycles. The van der Waals surface area contributed by atoms with Crippen LogP contribution in [-0.2, 0) is 78.4 Å². The predicted molar refractivity (Wildman–Crippen MR) is 508 cm³/mol. The van der Waals surface area contributed by atoms with E-state index in [4.69, 9.17) is 46.7 Å². The number of aromatic amines is 1. The van der Waals surface area contributed by atoms with Gasteiger partial charge in [0.25, 0.3) is 70.5 Å². The van der Waals surface area contributed by atoms with Crippen LogP contribution in [-0.4, -0.2) is 214 Å². The van der Waals surface area contributed by atoms with Crippen LogP contribution >= 0.6 is 31.3 Å². The first-order valence-electron chi connectivity index (χ1n) is 42.2. The van der Waals surface area contributed by atoms with Gasteiger partial charge in [-0.25, -0.2) is 43.0 Å². The standard InChI is InChI=1S/C87H82N22O32P4/c1-48-42-109(87(124)108-71(48)112)66-37-60(111)62(137-66)44-133-143(127,128)140-65(82(123)96-59-41-92-86(107-78(119)55-35-21-8-22-36-55)103-70(59)100-74(115)51-27-13-4-14-28-51)47-136-144(129,130)139-63(80(121)93-56-38-89-83(97-67(56)88)104-75(116)52-29-15-5-16-30-52)45-135-145(131,132)141-64(81(122)95-58-40-91-85(106-77(118)54-33-19-7-20-34-54)102-69(58)99-73(114)50-25-11-3-12-26-50)46-134-142(125,126)138-61(43-110)79(120)94-57-39-90-84(105-76(117)53-31-17-6-18-32-53)101-68(57)98-72(113)49-23-9-2-10-24-49/h2-36,38-42,60-66,110-111H,37,43-47H2,1H3,(H,93,121)(H,94,120)(H,95,122)(H,96,123)(H,125,126)(H,127,128)(H,129,130)(H,131,132)(H,108,112,124)(H3,88,89,97,104,116)(H2,90,98,101,105,113,117)(H2,91,99,102,106,114,118)(H2,92,100,103,107,115,119)/t60-,61+,62+,63+,64+,65+,66+/m0/s1. The number of carbonyl (C=O) groups is 11. The number of nitrogen functional groups attached to an aromatic ring is 1. The van der Waals surface area contributed by atoms with Crippen LogP contribution in [0.3, 0.4) is 0 Å². The molecule has 145 heavy (non-hydrogen) atoms. The molecule has 0 saturated carbocycles. The number of phosphoric acid groups is 4. The highest BCUT2D eigenvalue weighted by Gasteiger charge is 2.44. The fraction of sp³-hybridized carbons (Fsp3) is 0.161. The molecule has 4 unspecified atom stereocenters. The maximum absolute atomic E-state index is 15.0. The van der Waals surface area contributed by atoms with E-state index in [9.17, 15) is 106 Å². The Bertz CT molecular complexity index is 7140. The van der Waals surface area contributed by atoms with Crippen molar-refractivity contribution in [3.05, 3.63) is 309 Å². The number of nitrogens with one attached hydrogen (secondary N) is 12. The number of aryl methyl sites for hydroxylation is 1. The second kappa shape index (κ2) is 48.5. The van der Waals surface area contributed by atoms with E-state index in [0.29, 0.717) is 0 Å². The topological polar surface area (TPSA) is 777 Å². The Morgan fingerprint density at radius 2 is 0.655 bits per heavy atom. The Morgan fingerprint density at radius 1 is 0.393 bits per heavy atom. The molecular formula is C87H82N22O32P4. The van der Waals surface area contributed by atoms with E-state index in [1.165, 1.54) is 165 Å². The lowest BCUT2D eigenvalue weighted by Crippen LogP contribution is -2.37. The van der Waals surface area contributed by atoms with Gasteiger partial charge in [-0.15, -0.1) is 0 Å². The molecule has 0 bridgehead atoms. The molecule has 752 valence electrons. The first-order chi connectivity index (χ1) is 69.3. The number of amides is 11. The molecule has 54 nitrogen and oxygen atoms in total. The number of aromatic nitrogens is 10. The SMILES string of the molecule is Cc1cn([C@H]2C[C@H](O)[C@@H](COP(=O)(O)O[C@H](COP(=O)(O)O[C@H](COP(=O)(O)O[C@H](COP(=O)(O)O[C@H](CO)C(=O)Nc3cnc(NC(=O)c4ccccc4)nc3NC(=O)c3ccccc3)C(=O)Nc3cnc(NC(=O)c4ccccc4)nc3NC(=O)c3ccccc3)C(=O)Nc3cnc(NC(=O)c4ccccc4)nc3N)C(=O)Nc3cnc(NC(=O)c4ccccc4)nc3NC(=O)c3ccccc3)O2)c(=O)[nH]c1=O. The number of nitrogens with two attached hydrogens (primary N) is 1. The summed E-state index contributed by atoms with van der Waals surface area (Å²) in [6.07, 6.45) is -12.3. The molecule has 12 aromatic rings. The molecule has 11 amide bonds. The number of aliphatic hydroxyl groups is 2. The van der Waals surface area contributed by atoms with Crippen molar-refractivity contribution in [1.82, 2.24) is 49.4 Å². The Hall–Kier alpha value is -16.2. The van der Waals surface area contributed by atoms with Gasteiger partial charge in [0.15, 0.2) is 47.7 Å². The van der Waals surface area contributed by atoms with E-state index >= 15 is 4.79 Å². The minimum Gasteiger partial charge on any atom is -0.393 e. The summed E-state index contributed by atoms with van der Waals surface area (Å²) in [5, 5.41) is 47.1. The highest BCUT2D eigenvalue weighted by Crippen LogP contribution is 2.52. The minimum absolute atomic E-state index is 0.0166. The zero-order valence-corrected chi connectivity index (χ0v) is 78.1. The third-order valence-corrected chi connectivity index (χ3v) is 23.7. The van der Waals surface area contributed by atoms with E-state index in [1.807, 2.05) is 0 Å². The largest absolute Gasteiger partial charge is 0.473 e. The van der Waals surface area contributed by atoms with E-state index in [2.05, 4.69) is 103 Å². The van der Waals surface area contributed by atoms with Crippen molar-refractivity contribution in [3.63, 3.8) is 0 Å². The summed E-state index contributed by atoms with van der Waals surface area (Å²) in [5.74, 6) is -17.5. The van der Waals surface area contributed by atoms with Gasteiger partial charge in [0.05, 0.1) is 63.9 Å². The summed E-state index contributed by atoms with van der Waals surface area (Å²) < 4.78 is 106. The number of hydrogen-bond acceptors (Lipinski definition) is 37. The van der Waals surface area contributed by atoms with Crippen molar-refractivity contribution in [3.8, 4) is 0 Å². The van der Waals surface area contributed by atoms with E-state index in [-0.39, 0.29) is 44.5 Å². The Morgan fingerprint density at radius 3 is 0.952 bits per heavy atom. The molecule has 0 spiro atoms. The summed E-state index contributed by atoms with van der Waals surface area (Å²) in [4.78, 5) is 260. The number of rotatable bonds is 44. The molecule has 1 aliphatic rings. The highest BCUT2D eigenvalue weighted by atomic mass is 31.2. The average molecular weight is 2070 g/mol. The van der Waals surface area contributed by atoms with Crippen LogP contribution in [0.25, 0.3) is 0 Å². The maximum Gasteiger partial charge on any atom is 0.473 e. The summed E-state index contributed by atoms with van der Waals surface area (Å²) in [6, 6.07) is 51.7. The van der Waals surface area contributed by atoms with Gasteiger partial charge in [0.1, 0.15) is 35.1 Å². The Balaban J connectivity index is 0.805. The Kier molecular flexibility index (Phi) is 35.5. The van der Waals surface area contributed by atoms with E-state index < -0.39 is 260 Å².